The van der Waals surface area contributed by atoms with Crippen LogP contribution >= 0.6 is 0 Å². The lowest BCUT2D eigenvalue weighted by atomic mass is 9.50. The first-order valence-corrected chi connectivity index (χ1v) is 11.9. The van der Waals surface area contributed by atoms with E-state index in [4.69, 9.17) is 0 Å². The van der Waals surface area contributed by atoms with Crippen molar-refractivity contribution in [2.24, 2.45) is 16.2 Å². The Bertz CT molecular complexity index is 298. The Balaban J connectivity index is 4.23. The smallest absolute Gasteiger partial charge is 0.0200 e. The van der Waals surface area contributed by atoms with Gasteiger partial charge in [0, 0.05) is 0 Å². The summed E-state index contributed by atoms with van der Waals surface area (Å²) in [6.07, 6.45) is 20.9. The molecule has 0 aliphatic carbocycles. The summed E-state index contributed by atoms with van der Waals surface area (Å²) in [5.74, 6) is 0. The maximum Gasteiger partial charge on any atom is -0.0200 e. The molecule has 0 saturated carbocycles. The highest BCUT2D eigenvalue weighted by Crippen LogP contribution is 2.57. The molecular formula is C26H53. The van der Waals surface area contributed by atoms with Crippen LogP contribution in [-0.2, 0) is 0 Å². The van der Waals surface area contributed by atoms with Crippen LogP contribution in [-0.4, -0.2) is 0 Å². The first-order chi connectivity index (χ1) is 12.1. The molecule has 0 spiro atoms. The third kappa shape index (κ3) is 9.27. The van der Waals surface area contributed by atoms with E-state index in [9.17, 15) is 0 Å². The van der Waals surface area contributed by atoms with E-state index in [2.05, 4.69) is 55.4 Å². The highest BCUT2D eigenvalue weighted by atomic mass is 14.5. The van der Waals surface area contributed by atoms with Gasteiger partial charge in [-0.25, -0.2) is 0 Å². The van der Waals surface area contributed by atoms with E-state index in [1.165, 1.54) is 89.9 Å². The molecule has 0 aromatic rings. The molecule has 0 bridgehead atoms. The number of rotatable bonds is 15. The SMILES string of the molecule is [CH2]CCCC(CCCCCCCCCCCCC)(C(C)(C)C)C(C)(C)C. The van der Waals surface area contributed by atoms with Gasteiger partial charge in [0.25, 0.3) is 0 Å². The van der Waals surface area contributed by atoms with Crippen molar-refractivity contribution < 1.29 is 0 Å². The Kier molecular flexibility index (Phi) is 13.2. The van der Waals surface area contributed by atoms with E-state index in [0.717, 1.165) is 6.42 Å². The minimum Gasteiger partial charge on any atom is -0.0654 e. The van der Waals surface area contributed by atoms with Crippen LogP contribution in [0.3, 0.4) is 0 Å². The van der Waals surface area contributed by atoms with Crippen LogP contribution in [0.15, 0.2) is 0 Å². The summed E-state index contributed by atoms with van der Waals surface area (Å²) in [4.78, 5) is 0. The van der Waals surface area contributed by atoms with E-state index < -0.39 is 0 Å². The number of hydrogen-bond donors (Lipinski definition) is 0. The number of unbranched alkanes of at least 4 members (excludes halogenated alkanes) is 11. The molecule has 0 unspecified atom stereocenters. The summed E-state index contributed by atoms with van der Waals surface area (Å²) in [5.41, 5.74) is 1.15. The Labute approximate surface area is 168 Å². The topological polar surface area (TPSA) is 0 Å². The second-order valence-corrected chi connectivity index (χ2v) is 10.8. The maximum atomic E-state index is 4.11. The lowest BCUT2D eigenvalue weighted by Crippen LogP contribution is -2.46. The molecule has 157 valence electrons. The lowest BCUT2D eigenvalue weighted by Gasteiger charge is -2.55. The van der Waals surface area contributed by atoms with Crippen molar-refractivity contribution in [1.29, 1.82) is 0 Å². The summed E-state index contributed by atoms with van der Waals surface area (Å²) in [5, 5.41) is 0. The van der Waals surface area contributed by atoms with Gasteiger partial charge in [0.15, 0.2) is 0 Å². The molecule has 0 aromatic carbocycles. The number of hydrogen-bond acceptors (Lipinski definition) is 0. The Morgan fingerprint density at radius 1 is 0.500 bits per heavy atom. The van der Waals surface area contributed by atoms with Crippen molar-refractivity contribution in [1.82, 2.24) is 0 Å². The van der Waals surface area contributed by atoms with Gasteiger partial charge in [-0.3, -0.25) is 0 Å². The second kappa shape index (κ2) is 13.2. The van der Waals surface area contributed by atoms with Gasteiger partial charge >= 0.3 is 0 Å². The molecule has 26 heavy (non-hydrogen) atoms. The molecular weight excluding hydrogens is 312 g/mol. The van der Waals surface area contributed by atoms with Crippen molar-refractivity contribution >= 4 is 0 Å². The average Bonchev–Trinajstić information content (AvgIpc) is 2.53. The van der Waals surface area contributed by atoms with Gasteiger partial charge in [-0.15, -0.1) is 0 Å². The van der Waals surface area contributed by atoms with Crippen LogP contribution in [0.2, 0.25) is 0 Å². The van der Waals surface area contributed by atoms with Crippen LogP contribution in [0.4, 0.5) is 0 Å². The van der Waals surface area contributed by atoms with Crippen molar-refractivity contribution in [2.45, 2.75) is 145 Å². The van der Waals surface area contributed by atoms with Gasteiger partial charge in [-0.05, 0) is 29.1 Å². The minimum atomic E-state index is 0.360. The van der Waals surface area contributed by atoms with Gasteiger partial charge in [0.1, 0.15) is 0 Å². The van der Waals surface area contributed by atoms with Crippen molar-refractivity contribution in [2.75, 3.05) is 0 Å². The standard InChI is InChI=1S/C26H53/c1-9-11-13-14-15-16-17-18-19-20-21-23-26(22-12-10-2,24(3,4)5)25(6,7)8/h2,9-23H2,1,3-8H3. The summed E-state index contributed by atoms with van der Waals surface area (Å²) >= 11 is 0. The van der Waals surface area contributed by atoms with Crippen LogP contribution in [0.25, 0.3) is 0 Å². The largest absolute Gasteiger partial charge is 0.0654 e. The Morgan fingerprint density at radius 3 is 1.19 bits per heavy atom. The summed E-state index contributed by atoms with van der Waals surface area (Å²) in [6.45, 7) is 21.2. The zero-order valence-electron chi connectivity index (χ0n) is 19.8. The van der Waals surface area contributed by atoms with E-state index in [1.807, 2.05) is 0 Å². The third-order valence-corrected chi connectivity index (χ3v) is 6.93. The van der Waals surface area contributed by atoms with E-state index >= 15 is 0 Å². The first kappa shape index (κ1) is 26.0. The minimum absolute atomic E-state index is 0.360. The van der Waals surface area contributed by atoms with Crippen molar-refractivity contribution in [3.05, 3.63) is 6.92 Å². The van der Waals surface area contributed by atoms with Gasteiger partial charge in [0.05, 0.1) is 0 Å². The van der Waals surface area contributed by atoms with Gasteiger partial charge in [-0.1, -0.05) is 139 Å². The zero-order chi connectivity index (χ0) is 20.1. The molecule has 0 heterocycles. The second-order valence-electron chi connectivity index (χ2n) is 10.8. The Hall–Kier alpha value is 0. The normalized spacial score (nSPS) is 13.4. The van der Waals surface area contributed by atoms with Crippen molar-refractivity contribution in [3.8, 4) is 0 Å². The fraction of sp³-hybridized carbons (Fsp3) is 0.962. The molecule has 0 aromatic heterocycles. The monoisotopic (exact) mass is 365 g/mol. The van der Waals surface area contributed by atoms with Crippen LogP contribution in [0, 0.1) is 23.2 Å². The van der Waals surface area contributed by atoms with Crippen LogP contribution in [0.5, 0.6) is 0 Å². The summed E-state index contributed by atoms with van der Waals surface area (Å²) in [6, 6.07) is 0. The molecule has 0 aliphatic heterocycles. The highest BCUT2D eigenvalue weighted by molar-refractivity contribution is 4.98. The molecule has 0 amide bonds. The zero-order valence-corrected chi connectivity index (χ0v) is 19.8. The predicted octanol–water partition coefficient (Wildman–Crippen LogP) is 9.77. The van der Waals surface area contributed by atoms with E-state index in [1.54, 1.807) is 0 Å². The van der Waals surface area contributed by atoms with Crippen molar-refractivity contribution in [3.63, 3.8) is 0 Å². The molecule has 0 rings (SSSR count). The molecule has 0 heteroatoms. The summed E-state index contributed by atoms with van der Waals surface area (Å²) in [7, 11) is 0. The molecule has 0 aliphatic rings. The fourth-order valence-corrected chi connectivity index (χ4v) is 5.27. The van der Waals surface area contributed by atoms with E-state index in [-0.39, 0.29) is 0 Å². The molecule has 0 fully saturated rings. The highest BCUT2D eigenvalue weighted by Gasteiger charge is 2.48. The van der Waals surface area contributed by atoms with Crippen LogP contribution in [0.1, 0.15) is 145 Å². The molecule has 0 N–H and O–H groups in total. The predicted molar refractivity (Wildman–Crippen MR) is 122 cm³/mol. The quantitative estimate of drug-likeness (QED) is 0.253. The lowest BCUT2D eigenvalue weighted by molar-refractivity contribution is -0.0515. The maximum absolute atomic E-state index is 4.11. The van der Waals surface area contributed by atoms with Gasteiger partial charge in [-0.2, -0.15) is 0 Å². The molecule has 1 radical (unpaired) electrons. The fourth-order valence-electron chi connectivity index (χ4n) is 5.27. The third-order valence-electron chi connectivity index (χ3n) is 6.93. The Morgan fingerprint density at radius 2 is 0.846 bits per heavy atom. The molecule has 0 saturated heterocycles. The molecule has 0 nitrogen and oxygen atoms in total. The average molecular weight is 366 g/mol. The van der Waals surface area contributed by atoms with Gasteiger partial charge < -0.3 is 0 Å². The first-order valence-electron chi connectivity index (χ1n) is 11.9. The van der Waals surface area contributed by atoms with Crippen LogP contribution < -0.4 is 0 Å². The summed E-state index contributed by atoms with van der Waals surface area (Å²) < 4.78 is 0. The van der Waals surface area contributed by atoms with Gasteiger partial charge in [0.2, 0.25) is 0 Å². The van der Waals surface area contributed by atoms with E-state index in [0.29, 0.717) is 16.2 Å². The molecule has 0 atom stereocenters.